The highest BCUT2D eigenvalue weighted by molar-refractivity contribution is 6.33. The van der Waals surface area contributed by atoms with Crippen molar-refractivity contribution < 1.29 is 32.3 Å². The molecule has 52 heavy (non-hydrogen) atoms. The third-order valence-corrected chi connectivity index (χ3v) is 9.26. The van der Waals surface area contributed by atoms with Crippen LogP contribution in [0.3, 0.4) is 0 Å². The largest absolute Gasteiger partial charge is 0.416 e. The average molecular weight is 741 g/mol. The standard InChI is InChI=1S/C35H36ClF3N8O5/c1-3-27-29(44-13-15-45(16-14-44)32(50)21(2)40-31(49)23-7-5-4-6-8-23)33(51)47-34(42-30(43-47)22-11-17-52-18-12-22)46(27)20-28(48)41-26-10-9-24(19-25(26)36)35(37,38)39/h4-11,19,21H,3,12-18,20H2,1-2H3,(H,40,49)(H,41,48). The Hall–Kier alpha value is -5.22. The quantitative estimate of drug-likeness (QED) is 0.262. The summed E-state index contributed by atoms with van der Waals surface area (Å²) in [4.78, 5) is 61.8. The zero-order chi connectivity index (χ0) is 37.2. The van der Waals surface area contributed by atoms with Gasteiger partial charge in [0.25, 0.3) is 11.5 Å². The van der Waals surface area contributed by atoms with E-state index in [1.165, 1.54) is 0 Å². The van der Waals surface area contributed by atoms with Crippen LogP contribution in [0.4, 0.5) is 24.5 Å². The Bertz CT molecular complexity index is 2090. The fraction of sp³-hybridized carbons (Fsp3) is 0.371. The number of aromatic nitrogens is 4. The first-order valence-corrected chi connectivity index (χ1v) is 17.1. The molecule has 6 rings (SSSR count). The fourth-order valence-electron chi connectivity index (χ4n) is 6.28. The molecule has 2 aromatic carbocycles. The molecule has 2 aliphatic rings. The maximum atomic E-state index is 14.2. The van der Waals surface area contributed by atoms with Crippen molar-refractivity contribution in [3.8, 4) is 0 Å². The highest BCUT2D eigenvalue weighted by atomic mass is 35.5. The molecule has 2 aliphatic heterocycles. The molecular weight excluding hydrogens is 705 g/mol. The van der Waals surface area contributed by atoms with Gasteiger partial charge in [0.2, 0.25) is 17.6 Å². The number of fused-ring (bicyclic) bond motifs is 1. The number of hydrogen-bond donors (Lipinski definition) is 2. The molecule has 4 heterocycles. The number of alkyl halides is 3. The lowest BCUT2D eigenvalue weighted by Crippen LogP contribution is -2.55. The minimum absolute atomic E-state index is 0.0144. The minimum atomic E-state index is -4.61. The Morgan fingerprint density at radius 1 is 1.06 bits per heavy atom. The van der Waals surface area contributed by atoms with Gasteiger partial charge in [0.15, 0.2) is 5.82 Å². The highest BCUT2D eigenvalue weighted by Gasteiger charge is 2.32. The second-order valence-corrected chi connectivity index (χ2v) is 12.8. The van der Waals surface area contributed by atoms with Crippen LogP contribution in [0.2, 0.25) is 5.02 Å². The monoisotopic (exact) mass is 740 g/mol. The van der Waals surface area contributed by atoms with Crippen molar-refractivity contribution in [2.24, 2.45) is 0 Å². The second-order valence-electron chi connectivity index (χ2n) is 12.4. The number of nitrogens with zero attached hydrogens (tertiary/aromatic N) is 6. The number of amides is 3. The molecule has 0 aliphatic carbocycles. The van der Waals surface area contributed by atoms with E-state index in [2.05, 4.69) is 20.7 Å². The van der Waals surface area contributed by atoms with Crippen LogP contribution in [0, 0.1) is 0 Å². The first-order chi connectivity index (χ1) is 24.8. The second kappa shape index (κ2) is 15.2. The van der Waals surface area contributed by atoms with E-state index in [9.17, 15) is 32.3 Å². The van der Waals surface area contributed by atoms with Crippen LogP contribution in [-0.2, 0) is 33.5 Å². The Balaban J connectivity index is 1.28. The molecule has 17 heteroatoms. The molecule has 13 nitrogen and oxygen atoms in total. The van der Waals surface area contributed by atoms with Gasteiger partial charge >= 0.3 is 6.18 Å². The van der Waals surface area contributed by atoms with Crippen molar-refractivity contribution in [3.05, 3.63) is 92.6 Å². The number of nitrogens with one attached hydrogen (secondary N) is 2. The number of anilines is 2. The summed E-state index contributed by atoms with van der Waals surface area (Å²) < 4.78 is 47.7. The molecule has 2 aromatic heterocycles. The third-order valence-electron chi connectivity index (χ3n) is 8.94. The number of carbonyl (C=O) groups excluding carboxylic acids is 3. The Labute approximate surface area is 301 Å². The molecule has 4 aromatic rings. The molecule has 0 radical (unpaired) electrons. The summed E-state index contributed by atoms with van der Waals surface area (Å²) in [6.07, 6.45) is -1.96. The van der Waals surface area contributed by atoms with Gasteiger partial charge in [-0.3, -0.25) is 19.2 Å². The Morgan fingerprint density at radius 3 is 2.42 bits per heavy atom. The number of rotatable bonds is 9. The van der Waals surface area contributed by atoms with Gasteiger partial charge in [0, 0.05) is 31.7 Å². The van der Waals surface area contributed by atoms with Crippen LogP contribution in [0.15, 0.2) is 59.4 Å². The number of halogens is 4. The molecular formula is C35H36ClF3N8O5. The summed E-state index contributed by atoms with van der Waals surface area (Å²) in [6, 6.07) is 10.4. The van der Waals surface area contributed by atoms with Crippen molar-refractivity contribution in [1.82, 2.24) is 29.4 Å². The zero-order valence-corrected chi connectivity index (χ0v) is 29.1. The number of piperazine rings is 1. The van der Waals surface area contributed by atoms with E-state index in [0.717, 1.165) is 28.3 Å². The van der Waals surface area contributed by atoms with Crippen molar-refractivity contribution in [2.45, 2.75) is 45.5 Å². The maximum absolute atomic E-state index is 14.2. The molecule has 0 spiro atoms. The summed E-state index contributed by atoms with van der Waals surface area (Å²) in [5.74, 6) is -0.837. The molecule has 0 saturated carbocycles. The van der Waals surface area contributed by atoms with Gasteiger partial charge in [-0.15, -0.1) is 5.10 Å². The number of carbonyl (C=O) groups is 3. The van der Waals surface area contributed by atoms with Crippen molar-refractivity contribution in [1.29, 1.82) is 0 Å². The lowest BCUT2D eigenvalue weighted by Gasteiger charge is -2.37. The molecule has 274 valence electrons. The minimum Gasteiger partial charge on any atom is -0.377 e. The van der Waals surface area contributed by atoms with Gasteiger partial charge in [0.1, 0.15) is 18.3 Å². The number of benzene rings is 2. The molecule has 1 fully saturated rings. The average Bonchev–Trinajstić information content (AvgIpc) is 3.60. The molecule has 1 atom stereocenters. The SMILES string of the molecule is CCc1c(N2CCN(C(=O)C(C)NC(=O)c3ccccc3)CC2)c(=O)n2nc(C3=CCOCC3)nc2n1CC(=O)Nc1ccc(C(F)(F)F)cc1Cl. The normalized spacial score (nSPS) is 15.7. The number of ether oxygens (including phenoxy) is 1. The van der Waals surface area contributed by atoms with Crippen molar-refractivity contribution in [3.63, 3.8) is 0 Å². The number of hydrogen-bond acceptors (Lipinski definition) is 8. The summed E-state index contributed by atoms with van der Waals surface area (Å²) >= 11 is 6.12. The topological polar surface area (TPSA) is 143 Å². The summed E-state index contributed by atoms with van der Waals surface area (Å²) in [6.45, 7) is 4.95. The first kappa shape index (κ1) is 36.6. The predicted molar refractivity (Wildman–Crippen MR) is 187 cm³/mol. The lowest BCUT2D eigenvalue weighted by atomic mass is 10.1. The van der Waals surface area contributed by atoms with Crippen LogP contribution < -0.4 is 21.1 Å². The summed E-state index contributed by atoms with van der Waals surface area (Å²) in [7, 11) is 0. The van der Waals surface area contributed by atoms with Crippen LogP contribution in [0.1, 0.15) is 47.7 Å². The van der Waals surface area contributed by atoms with E-state index in [0.29, 0.717) is 43.1 Å². The highest BCUT2D eigenvalue weighted by Crippen LogP contribution is 2.34. The zero-order valence-electron chi connectivity index (χ0n) is 28.4. The fourth-order valence-corrected chi connectivity index (χ4v) is 6.50. The molecule has 1 saturated heterocycles. The van der Waals surface area contributed by atoms with E-state index < -0.39 is 29.2 Å². The van der Waals surface area contributed by atoms with E-state index in [1.54, 1.807) is 46.7 Å². The van der Waals surface area contributed by atoms with Gasteiger partial charge in [-0.05, 0) is 55.7 Å². The summed E-state index contributed by atoms with van der Waals surface area (Å²) in [5.41, 5.74) is 0.554. The van der Waals surface area contributed by atoms with Gasteiger partial charge in [0.05, 0.1) is 35.2 Å². The van der Waals surface area contributed by atoms with Gasteiger partial charge < -0.3 is 29.7 Å². The Morgan fingerprint density at radius 2 is 1.79 bits per heavy atom. The van der Waals surface area contributed by atoms with Gasteiger partial charge in [-0.2, -0.15) is 22.7 Å². The van der Waals surface area contributed by atoms with Gasteiger partial charge in [-0.25, -0.2) is 0 Å². The maximum Gasteiger partial charge on any atom is 0.416 e. The van der Waals surface area contributed by atoms with E-state index >= 15 is 0 Å². The van der Waals surface area contributed by atoms with Crippen LogP contribution in [0.5, 0.6) is 0 Å². The van der Waals surface area contributed by atoms with Crippen LogP contribution in [0.25, 0.3) is 11.4 Å². The first-order valence-electron chi connectivity index (χ1n) is 16.7. The van der Waals surface area contributed by atoms with Crippen LogP contribution in [-0.4, -0.2) is 87.2 Å². The van der Waals surface area contributed by atoms with Crippen molar-refractivity contribution in [2.75, 3.05) is 49.6 Å². The third kappa shape index (κ3) is 7.67. The van der Waals surface area contributed by atoms with E-state index in [4.69, 9.17) is 16.3 Å². The lowest BCUT2D eigenvalue weighted by molar-refractivity contribution is -0.137. The molecule has 2 N–H and O–H groups in total. The summed E-state index contributed by atoms with van der Waals surface area (Å²) in [5, 5.41) is 9.58. The van der Waals surface area contributed by atoms with Gasteiger partial charge in [-0.1, -0.05) is 42.8 Å². The molecule has 3 amide bonds. The Kier molecular flexibility index (Phi) is 10.7. The van der Waals surface area contributed by atoms with Crippen molar-refractivity contribution >= 4 is 52.0 Å². The van der Waals surface area contributed by atoms with Crippen LogP contribution >= 0.6 is 11.6 Å². The smallest absolute Gasteiger partial charge is 0.377 e. The van der Waals surface area contributed by atoms with E-state index in [-0.39, 0.29) is 66.7 Å². The van der Waals surface area contributed by atoms with E-state index in [1.807, 2.05) is 17.9 Å². The predicted octanol–water partition coefficient (Wildman–Crippen LogP) is 4.04. The molecule has 1 unspecified atom stereocenters. The molecule has 0 bridgehead atoms.